The van der Waals surface area contributed by atoms with Crippen molar-refractivity contribution in [1.82, 2.24) is 4.90 Å². The maximum absolute atomic E-state index is 13.0. The van der Waals surface area contributed by atoms with Crippen molar-refractivity contribution in [2.45, 2.75) is 13.3 Å². The molecule has 2 aliphatic rings. The summed E-state index contributed by atoms with van der Waals surface area (Å²) in [5, 5.41) is 3.68. The van der Waals surface area contributed by atoms with Gasteiger partial charge in [0.15, 0.2) is 11.5 Å². The minimum absolute atomic E-state index is 0.248. The van der Waals surface area contributed by atoms with Crippen LogP contribution in [0.1, 0.15) is 18.9 Å². The standard InChI is InChI=1S/C21H19ClN2O4/c1-2-9-24-20(25)18(13-3-5-14(22)6-4-13)19(21(24)26)23-15-7-8-16-17(12-15)28-11-10-27-16/h3-8,12,23H,2,9-11H2,1H3. The topological polar surface area (TPSA) is 67.9 Å². The molecule has 1 N–H and O–H groups in total. The predicted octanol–water partition coefficient (Wildman–Crippen LogP) is 3.71. The average molecular weight is 399 g/mol. The van der Waals surface area contributed by atoms with Crippen LogP contribution in [0, 0.1) is 0 Å². The van der Waals surface area contributed by atoms with Gasteiger partial charge in [0.2, 0.25) is 0 Å². The van der Waals surface area contributed by atoms with Gasteiger partial charge in [0.25, 0.3) is 11.8 Å². The van der Waals surface area contributed by atoms with Gasteiger partial charge in [0, 0.05) is 23.3 Å². The summed E-state index contributed by atoms with van der Waals surface area (Å²) in [6.45, 7) is 3.26. The van der Waals surface area contributed by atoms with Crippen molar-refractivity contribution in [3.8, 4) is 11.5 Å². The van der Waals surface area contributed by atoms with Gasteiger partial charge in [-0.1, -0.05) is 30.7 Å². The number of hydrogen-bond donors (Lipinski definition) is 1. The summed E-state index contributed by atoms with van der Waals surface area (Å²) in [6, 6.07) is 12.2. The number of imide groups is 1. The van der Waals surface area contributed by atoms with Crippen LogP contribution < -0.4 is 14.8 Å². The van der Waals surface area contributed by atoms with E-state index in [-0.39, 0.29) is 17.5 Å². The number of nitrogens with zero attached hydrogens (tertiary/aromatic N) is 1. The second kappa shape index (κ2) is 7.56. The van der Waals surface area contributed by atoms with E-state index in [0.717, 1.165) is 0 Å². The first-order valence-corrected chi connectivity index (χ1v) is 9.49. The number of amides is 2. The van der Waals surface area contributed by atoms with Crippen LogP contribution in [0.3, 0.4) is 0 Å². The molecule has 0 aliphatic carbocycles. The fraction of sp³-hybridized carbons (Fsp3) is 0.238. The molecule has 7 heteroatoms. The summed E-state index contributed by atoms with van der Waals surface area (Å²) < 4.78 is 11.1. The van der Waals surface area contributed by atoms with Gasteiger partial charge in [-0.2, -0.15) is 0 Å². The lowest BCUT2D eigenvalue weighted by Gasteiger charge is -2.19. The summed E-state index contributed by atoms with van der Waals surface area (Å²) in [5.41, 5.74) is 1.87. The van der Waals surface area contributed by atoms with E-state index in [1.807, 2.05) is 6.92 Å². The van der Waals surface area contributed by atoms with E-state index in [1.54, 1.807) is 42.5 Å². The highest BCUT2D eigenvalue weighted by Gasteiger charge is 2.38. The molecule has 2 heterocycles. The number of hydrogen-bond acceptors (Lipinski definition) is 5. The van der Waals surface area contributed by atoms with Gasteiger partial charge in [0.05, 0.1) is 5.57 Å². The molecule has 2 aromatic rings. The molecule has 0 aromatic heterocycles. The van der Waals surface area contributed by atoms with Gasteiger partial charge in [-0.05, 0) is 36.2 Å². The molecular weight excluding hydrogens is 380 g/mol. The van der Waals surface area contributed by atoms with Gasteiger partial charge < -0.3 is 14.8 Å². The number of nitrogens with one attached hydrogen (secondary N) is 1. The van der Waals surface area contributed by atoms with E-state index in [0.29, 0.717) is 59.5 Å². The second-order valence-electron chi connectivity index (χ2n) is 6.50. The summed E-state index contributed by atoms with van der Waals surface area (Å²) in [7, 11) is 0. The van der Waals surface area contributed by atoms with Crippen LogP contribution in [0.25, 0.3) is 5.57 Å². The Morgan fingerprint density at radius 1 is 1.00 bits per heavy atom. The minimum atomic E-state index is -0.341. The van der Waals surface area contributed by atoms with E-state index in [9.17, 15) is 9.59 Å². The number of ether oxygens (including phenoxy) is 2. The molecule has 0 unspecified atom stereocenters. The maximum Gasteiger partial charge on any atom is 0.278 e. The highest BCUT2D eigenvalue weighted by atomic mass is 35.5. The molecule has 28 heavy (non-hydrogen) atoms. The molecular formula is C21H19ClN2O4. The Morgan fingerprint density at radius 3 is 2.43 bits per heavy atom. The largest absolute Gasteiger partial charge is 0.486 e. The summed E-state index contributed by atoms with van der Waals surface area (Å²) in [5.74, 6) is 0.609. The third kappa shape index (κ3) is 3.31. The number of rotatable bonds is 5. The highest BCUT2D eigenvalue weighted by molar-refractivity contribution is 6.36. The molecule has 2 amide bonds. The fourth-order valence-electron chi connectivity index (χ4n) is 3.27. The highest BCUT2D eigenvalue weighted by Crippen LogP contribution is 2.35. The minimum Gasteiger partial charge on any atom is -0.486 e. The van der Waals surface area contributed by atoms with Crippen molar-refractivity contribution in [3.05, 3.63) is 58.7 Å². The van der Waals surface area contributed by atoms with Crippen molar-refractivity contribution < 1.29 is 19.1 Å². The second-order valence-corrected chi connectivity index (χ2v) is 6.94. The Hall–Kier alpha value is -2.99. The third-order valence-corrected chi connectivity index (χ3v) is 4.81. The molecule has 144 valence electrons. The van der Waals surface area contributed by atoms with E-state index < -0.39 is 0 Å². The Labute approximate surface area is 167 Å². The SMILES string of the molecule is CCCN1C(=O)C(Nc2ccc3c(c2)OCCO3)=C(c2ccc(Cl)cc2)C1=O. The Balaban J connectivity index is 1.74. The first-order chi connectivity index (χ1) is 13.6. The van der Waals surface area contributed by atoms with E-state index in [4.69, 9.17) is 21.1 Å². The number of carbonyl (C=O) groups is 2. The molecule has 0 saturated carbocycles. The van der Waals surface area contributed by atoms with Crippen LogP contribution in [0.15, 0.2) is 48.2 Å². The zero-order valence-corrected chi connectivity index (χ0v) is 16.1. The fourth-order valence-corrected chi connectivity index (χ4v) is 3.39. The maximum atomic E-state index is 13.0. The molecule has 0 atom stereocenters. The van der Waals surface area contributed by atoms with Crippen molar-refractivity contribution in [2.75, 3.05) is 25.1 Å². The van der Waals surface area contributed by atoms with Gasteiger partial charge in [0.1, 0.15) is 18.9 Å². The number of fused-ring (bicyclic) bond motifs is 1. The van der Waals surface area contributed by atoms with Crippen LogP contribution in [0.4, 0.5) is 5.69 Å². The van der Waals surface area contributed by atoms with Crippen molar-refractivity contribution in [1.29, 1.82) is 0 Å². The number of carbonyl (C=O) groups excluding carboxylic acids is 2. The zero-order valence-electron chi connectivity index (χ0n) is 15.3. The van der Waals surface area contributed by atoms with Gasteiger partial charge in [-0.3, -0.25) is 14.5 Å². The molecule has 2 aliphatic heterocycles. The van der Waals surface area contributed by atoms with Crippen molar-refractivity contribution >= 4 is 34.7 Å². The number of benzene rings is 2. The predicted molar refractivity (Wildman–Crippen MR) is 106 cm³/mol. The lowest BCUT2D eigenvalue weighted by atomic mass is 10.0. The first kappa shape index (κ1) is 18.4. The number of halogens is 1. The van der Waals surface area contributed by atoms with Crippen LogP contribution in [0.5, 0.6) is 11.5 Å². The molecule has 0 fully saturated rings. The smallest absolute Gasteiger partial charge is 0.278 e. The van der Waals surface area contributed by atoms with Gasteiger partial charge in [-0.15, -0.1) is 0 Å². The van der Waals surface area contributed by atoms with Crippen molar-refractivity contribution in [2.24, 2.45) is 0 Å². The summed E-state index contributed by atoms with van der Waals surface area (Å²) in [6.07, 6.45) is 0.683. The van der Waals surface area contributed by atoms with E-state index in [1.165, 1.54) is 4.90 Å². The monoisotopic (exact) mass is 398 g/mol. The lowest BCUT2D eigenvalue weighted by Crippen LogP contribution is -2.33. The van der Waals surface area contributed by atoms with Gasteiger partial charge in [-0.25, -0.2) is 0 Å². The molecule has 2 aromatic carbocycles. The van der Waals surface area contributed by atoms with E-state index >= 15 is 0 Å². The van der Waals surface area contributed by atoms with Gasteiger partial charge >= 0.3 is 0 Å². The van der Waals surface area contributed by atoms with E-state index in [2.05, 4.69) is 5.32 Å². The van der Waals surface area contributed by atoms with Crippen molar-refractivity contribution in [3.63, 3.8) is 0 Å². The Morgan fingerprint density at radius 2 is 1.71 bits per heavy atom. The average Bonchev–Trinajstić information content (AvgIpc) is 2.93. The Bertz CT molecular complexity index is 969. The first-order valence-electron chi connectivity index (χ1n) is 9.11. The zero-order chi connectivity index (χ0) is 19.7. The molecule has 6 nitrogen and oxygen atoms in total. The summed E-state index contributed by atoms with van der Waals surface area (Å²) in [4.78, 5) is 27.2. The Kier molecular flexibility index (Phi) is 4.96. The lowest BCUT2D eigenvalue weighted by molar-refractivity contribution is -0.136. The van der Waals surface area contributed by atoms with Crippen LogP contribution in [0.2, 0.25) is 5.02 Å². The molecule has 0 saturated heterocycles. The normalized spacial score (nSPS) is 16.0. The van der Waals surface area contributed by atoms with Crippen LogP contribution in [-0.2, 0) is 9.59 Å². The molecule has 0 spiro atoms. The quantitative estimate of drug-likeness (QED) is 0.777. The summed E-state index contributed by atoms with van der Waals surface area (Å²) >= 11 is 5.98. The molecule has 4 rings (SSSR count). The number of anilines is 1. The van der Waals surface area contributed by atoms with Crippen LogP contribution in [-0.4, -0.2) is 36.5 Å². The molecule has 0 radical (unpaired) electrons. The molecule has 0 bridgehead atoms. The third-order valence-electron chi connectivity index (χ3n) is 4.56. The van der Waals surface area contributed by atoms with Crippen LogP contribution >= 0.6 is 11.6 Å².